The van der Waals surface area contributed by atoms with Gasteiger partial charge in [0.25, 0.3) is 0 Å². The summed E-state index contributed by atoms with van der Waals surface area (Å²) < 4.78 is 2.26. The number of aryl methyl sites for hydroxylation is 1. The first-order valence-corrected chi connectivity index (χ1v) is 7.71. The van der Waals surface area contributed by atoms with Crippen LogP contribution in [0, 0.1) is 13.8 Å². The van der Waals surface area contributed by atoms with Crippen molar-refractivity contribution in [1.82, 2.24) is 9.55 Å². The standard InChI is InChI=1S/C16H23N3S/c1-7-8-19-11(2)9-13(12(19)3)14-10-20-15(17-14)18-16(4,5)6/h7,9-10H,1,8H2,2-6H3,(H,17,18). The lowest BCUT2D eigenvalue weighted by molar-refractivity contribution is 0.633. The Hall–Kier alpha value is -1.55. The Morgan fingerprint density at radius 1 is 1.40 bits per heavy atom. The molecule has 0 fully saturated rings. The van der Waals surface area contributed by atoms with E-state index in [1.54, 1.807) is 11.3 Å². The molecule has 0 saturated carbocycles. The SMILES string of the molecule is C=CCn1c(C)cc(-c2csc(NC(C)(C)C)n2)c1C. The Bertz CT molecular complexity index is 614. The van der Waals surface area contributed by atoms with Crippen molar-refractivity contribution in [1.29, 1.82) is 0 Å². The van der Waals surface area contributed by atoms with Crippen LogP contribution < -0.4 is 5.32 Å². The normalized spacial score (nSPS) is 11.7. The summed E-state index contributed by atoms with van der Waals surface area (Å²) in [5, 5.41) is 6.51. The fourth-order valence-corrected chi connectivity index (χ4v) is 3.17. The third kappa shape index (κ3) is 3.12. The number of anilines is 1. The van der Waals surface area contributed by atoms with E-state index < -0.39 is 0 Å². The Kier molecular flexibility index (Phi) is 4.04. The molecule has 3 nitrogen and oxygen atoms in total. The lowest BCUT2D eigenvalue weighted by Gasteiger charge is -2.19. The van der Waals surface area contributed by atoms with Gasteiger partial charge in [-0.3, -0.25) is 0 Å². The van der Waals surface area contributed by atoms with Gasteiger partial charge in [0.1, 0.15) is 0 Å². The molecule has 108 valence electrons. The van der Waals surface area contributed by atoms with Crippen LogP contribution in [0.4, 0.5) is 5.13 Å². The van der Waals surface area contributed by atoms with E-state index in [1.165, 1.54) is 17.0 Å². The largest absolute Gasteiger partial charge is 0.357 e. The van der Waals surface area contributed by atoms with Crippen LogP contribution in [-0.2, 0) is 6.54 Å². The maximum absolute atomic E-state index is 4.71. The van der Waals surface area contributed by atoms with E-state index in [-0.39, 0.29) is 5.54 Å². The smallest absolute Gasteiger partial charge is 0.183 e. The van der Waals surface area contributed by atoms with Gasteiger partial charge < -0.3 is 9.88 Å². The summed E-state index contributed by atoms with van der Waals surface area (Å²) in [5.74, 6) is 0. The van der Waals surface area contributed by atoms with E-state index in [4.69, 9.17) is 4.98 Å². The molecule has 0 amide bonds. The highest BCUT2D eigenvalue weighted by atomic mass is 32.1. The number of aromatic nitrogens is 2. The van der Waals surface area contributed by atoms with E-state index in [0.717, 1.165) is 17.4 Å². The molecule has 0 aliphatic heterocycles. The summed E-state index contributed by atoms with van der Waals surface area (Å²) in [6.45, 7) is 15.4. The van der Waals surface area contributed by atoms with Crippen LogP contribution in [0.15, 0.2) is 24.1 Å². The van der Waals surface area contributed by atoms with E-state index in [9.17, 15) is 0 Å². The van der Waals surface area contributed by atoms with Crippen molar-refractivity contribution in [3.05, 3.63) is 35.5 Å². The Morgan fingerprint density at radius 2 is 2.10 bits per heavy atom. The van der Waals surface area contributed by atoms with Gasteiger partial charge in [-0.05, 0) is 40.7 Å². The maximum Gasteiger partial charge on any atom is 0.183 e. The molecule has 0 aliphatic rings. The summed E-state index contributed by atoms with van der Waals surface area (Å²) in [7, 11) is 0. The second kappa shape index (κ2) is 5.44. The average molecular weight is 289 g/mol. The topological polar surface area (TPSA) is 29.9 Å². The van der Waals surface area contributed by atoms with Crippen LogP contribution in [0.1, 0.15) is 32.2 Å². The zero-order valence-electron chi connectivity index (χ0n) is 12.9. The van der Waals surface area contributed by atoms with Gasteiger partial charge in [0.15, 0.2) is 5.13 Å². The molecule has 0 bridgehead atoms. The second-order valence-electron chi connectivity index (χ2n) is 6.10. The number of nitrogens with zero attached hydrogens (tertiary/aromatic N) is 2. The number of hydrogen-bond acceptors (Lipinski definition) is 3. The molecular formula is C16H23N3S. The van der Waals surface area contributed by atoms with E-state index >= 15 is 0 Å². The zero-order valence-corrected chi connectivity index (χ0v) is 13.8. The minimum Gasteiger partial charge on any atom is -0.357 e. The summed E-state index contributed by atoms with van der Waals surface area (Å²) in [6, 6.07) is 2.20. The van der Waals surface area contributed by atoms with Gasteiger partial charge in [0, 0.05) is 34.4 Å². The predicted molar refractivity (Wildman–Crippen MR) is 88.6 cm³/mol. The molecule has 20 heavy (non-hydrogen) atoms. The quantitative estimate of drug-likeness (QED) is 0.832. The molecule has 0 aromatic carbocycles. The maximum atomic E-state index is 4.71. The van der Waals surface area contributed by atoms with E-state index in [1.807, 2.05) is 6.08 Å². The fourth-order valence-electron chi connectivity index (χ4n) is 2.25. The van der Waals surface area contributed by atoms with Crippen molar-refractivity contribution in [2.24, 2.45) is 0 Å². The number of hydrogen-bond donors (Lipinski definition) is 1. The van der Waals surface area contributed by atoms with Crippen LogP contribution >= 0.6 is 11.3 Å². The lowest BCUT2D eigenvalue weighted by atomic mass is 10.1. The van der Waals surface area contributed by atoms with E-state index in [2.05, 4.69) is 62.5 Å². The molecule has 0 saturated heterocycles. The molecule has 0 spiro atoms. The van der Waals surface area contributed by atoms with Crippen molar-refractivity contribution < 1.29 is 0 Å². The first-order valence-electron chi connectivity index (χ1n) is 6.83. The minimum atomic E-state index is 0.0366. The lowest BCUT2D eigenvalue weighted by Crippen LogP contribution is -2.25. The van der Waals surface area contributed by atoms with Crippen molar-refractivity contribution >= 4 is 16.5 Å². The van der Waals surface area contributed by atoms with Gasteiger partial charge in [-0.2, -0.15) is 0 Å². The van der Waals surface area contributed by atoms with Gasteiger partial charge in [-0.15, -0.1) is 17.9 Å². The van der Waals surface area contributed by atoms with Crippen LogP contribution in [-0.4, -0.2) is 15.1 Å². The number of thiazole rings is 1. The predicted octanol–water partition coefficient (Wildman–Crippen LogP) is 4.62. The molecule has 0 unspecified atom stereocenters. The number of rotatable bonds is 4. The molecule has 0 atom stereocenters. The van der Waals surface area contributed by atoms with Crippen LogP contribution in [0.25, 0.3) is 11.3 Å². The van der Waals surface area contributed by atoms with Crippen LogP contribution in [0.5, 0.6) is 0 Å². The highest BCUT2D eigenvalue weighted by molar-refractivity contribution is 7.14. The van der Waals surface area contributed by atoms with Gasteiger partial charge in [0.2, 0.25) is 0 Å². The van der Waals surface area contributed by atoms with Crippen LogP contribution in [0.2, 0.25) is 0 Å². The van der Waals surface area contributed by atoms with Crippen molar-refractivity contribution in [2.75, 3.05) is 5.32 Å². The molecular weight excluding hydrogens is 266 g/mol. The fraction of sp³-hybridized carbons (Fsp3) is 0.438. The monoisotopic (exact) mass is 289 g/mol. The first-order chi connectivity index (χ1) is 9.31. The molecule has 4 heteroatoms. The zero-order chi connectivity index (χ0) is 14.9. The summed E-state index contributed by atoms with van der Waals surface area (Å²) in [5.41, 5.74) is 4.79. The molecule has 0 radical (unpaired) electrons. The Morgan fingerprint density at radius 3 is 2.70 bits per heavy atom. The molecule has 2 heterocycles. The van der Waals surface area contributed by atoms with Crippen molar-refractivity contribution in [2.45, 2.75) is 46.7 Å². The number of allylic oxidation sites excluding steroid dienone is 1. The van der Waals surface area contributed by atoms with E-state index in [0.29, 0.717) is 0 Å². The second-order valence-corrected chi connectivity index (χ2v) is 6.96. The molecule has 0 aliphatic carbocycles. The van der Waals surface area contributed by atoms with Crippen molar-refractivity contribution in [3.63, 3.8) is 0 Å². The van der Waals surface area contributed by atoms with Gasteiger partial charge in [-0.25, -0.2) is 4.98 Å². The third-order valence-electron chi connectivity index (χ3n) is 3.15. The summed E-state index contributed by atoms with van der Waals surface area (Å²) in [4.78, 5) is 4.71. The Labute approximate surface area is 125 Å². The average Bonchev–Trinajstić information content (AvgIpc) is 2.87. The summed E-state index contributed by atoms with van der Waals surface area (Å²) in [6.07, 6.45) is 1.93. The molecule has 2 rings (SSSR count). The van der Waals surface area contributed by atoms with Gasteiger partial charge in [0.05, 0.1) is 5.69 Å². The minimum absolute atomic E-state index is 0.0366. The number of nitrogens with one attached hydrogen (secondary N) is 1. The third-order valence-corrected chi connectivity index (χ3v) is 3.91. The Balaban J connectivity index is 2.33. The summed E-state index contributed by atoms with van der Waals surface area (Å²) >= 11 is 1.66. The molecule has 2 aromatic heterocycles. The van der Waals surface area contributed by atoms with Crippen LogP contribution in [0.3, 0.4) is 0 Å². The molecule has 1 N–H and O–H groups in total. The highest BCUT2D eigenvalue weighted by Crippen LogP contribution is 2.30. The van der Waals surface area contributed by atoms with Gasteiger partial charge in [-0.1, -0.05) is 6.08 Å². The first kappa shape index (κ1) is 14.9. The van der Waals surface area contributed by atoms with Crippen molar-refractivity contribution in [3.8, 4) is 11.3 Å². The molecule has 2 aromatic rings. The highest BCUT2D eigenvalue weighted by Gasteiger charge is 2.15. The van der Waals surface area contributed by atoms with Gasteiger partial charge >= 0.3 is 0 Å².